The molecule has 0 radical (unpaired) electrons. The lowest BCUT2D eigenvalue weighted by Crippen LogP contribution is -2.43. The van der Waals surface area contributed by atoms with Crippen molar-refractivity contribution in [2.45, 2.75) is 37.8 Å². The summed E-state index contributed by atoms with van der Waals surface area (Å²) in [5.74, 6) is 0. The van der Waals surface area contributed by atoms with Crippen LogP contribution in [-0.2, 0) is 0 Å². The lowest BCUT2D eigenvalue weighted by atomic mass is 9.91. The Balaban J connectivity index is 2.31. The quantitative estimate of drug-likeness (QED) is 0.893. The number of nitriles is 1. The van der Waals surface area contributed by atoms with Gasteiger partial charge in [-0.05, 0) is 25.0 Å². The first-order valence-electron chi connectivity index (χ1n) is 6.24. The van der Waals surface area contributed by atoms with E-state index in [9.17, 15) is 10.4 Å². The summed E-state index contributed by atoms with van der Waals surface area (Å²) < 4.78 is 0. The molecular formula is C14H17ClN2O. The third kappa shape index (κ3) is 2.45. The van der Waals surface area contributed by atoms with Crippen LogP contribution in [0.5, 0.6) is 0 Å². The van der Waals surface area contributed by atoms with Gasteiger partial charge in [0.2, 0.25) is 0 Å². The van der Waals surface area contributed by atoms with Crippen LogP contribution in [0.15, 0.2) is 18.2 Å². The van der Waals surface area contributed by atoms with Gasteiger partial charge in [0.1, 0.15) is 6.07 Å². The maximum absolute atomic E-state index is 10.1. The highest BCUT2D eigenvalue weighted by Crippen LogP contribution is 2.31. The second kappa shape index (κ2) is 5.60. The van der Waals surface area contributed by atoms with Gasteiger partial charge in [0, 0.05) is 7.05 Å². The zero-order valence-electron chi connectivity index (χ0n) is 10.4. The number of aliphatic hydroxyl groups is 1. The molecule has 0 aromatic heterocycles. The number of hydrogen-bond acceptors (Lipinski definition) is 3. The van der Waals surface area contributed by atoms with Crippen molar-refractivity contribution in [3.63, 3.8) is 0 Å². The first-order chi connectivity index (χ1) is 8.65. The van der Waals surface area contributed by atoms with E-state index in [1.165, 1.54) is 0 Å². The van der Waals surface area contributed by atoms with E-state index in [0.717, 1.165) is 31.4 Å². The van der Waals surface area contributed by atoms with Crippen molar-refractivity contribution in [2.24, 2.45) is 0 Å². The van der Waals surface area contributed by atoms with Gasteiger partial charge >= 0.3 is 0 Å². The Labute approximate surface area is 113 Å². The second-order valence-corrected chi connectivity index (χ2v) is 5.18. The number of hydrogen-bond donors (Lipinski definition) is 1. The molecule has 3 nitrogen and oxygen atoms in total. The minimum Gasteiger partial charge on any atom is -0.391 e. The first-order valence-corrected chi connectivity index (χ1v) is 6.62. The summed E-state index contributed by atoms with van der Waals surface area (Å²) >= 11 is 6.04. The highest BCUT2D eigenvalue weighted by Gasteiger charge is 2.28. The molecule has 1 fully saturated rings. The molecule has 4 heteroatoms. The van der Waals surface area contributed by atoms with Gasteiger partial charge in [-0.3, -0.25) is 0 Å². The van der Waals surface area contributed by atoms with Crippen molar-refractivity contribution in [3.8, 4) is 6.07 Å². The van der Waals surface area contributed by atoms with Crippen molar-refractivity contribution < 1.29 is 5.11 Å². The molecule has 2 rings (SSSR count). The molecule has 0 spiro atoms. The summed E-state index contributed by atoms with van der Waals surface area (Å²) in [6, 6.07) is 7.65. The normalized spacial score (nSPS) is 23.4. The highest BCUT2D eigenvalue weighted by atomic mass is 35.5. The van der Waals surface area contributed by atoms with E-state index in [2.05, 4.69) is 6.07 Å². The van der Waals surface area contributed by atoms with Gasteiger partial charge in [-0.15, -0.1) is 0 Å². The molecule has 1 aliphatic rings. The van der Waals surface area contributed by atoms with Crippen LogP contribution in [0.4, 0.5) is 5.69 Å². The lowest BCUT2D eigenvalue weighted by Gasteiger charge is -2.37. The van der Waals surface area contributed by atoms with Gasteiger partial charge in [-0.1, -0.05) is 30.5 Å². The smallest absolute Gasteiger partial charge is 0.103 e. The molecule has 0 bridgehead atoms. The van der Waals surface area contributed by atoms with Gasteiger partial charge < -0.3 is 10.0 Å². The molecule has 0 saturated heterocycles. The Bertz CT molecular complexity index is 469. The highest BCUT2D eigenvalue weighted by molar-refractivity contribution is 6.32. The third-order valence-corrected chi connectivity index (χ3v) is 3.99. The molecule has 18 heavy (non-hydrogen) atoms. The molecule has 1 aliphatic carbocycles. The fourth-order valence-electron chi connectivity index (χ4n) is 2.64. The van der Waals surface area contributed by atoms with E-state index < -0.39 is 0 Å². The minimum atomic E-state index is -0.325. The molecule has 96 valence electrons. The molecule has 2 unspecified atom stereocenters. The maximum Gasteiger partial charge on any atom is 0.103 e. The summed E-state index contributed by atoms with van der Waals surface area (Å²) in [7, 11) is 1.92. The summed E-state index contributed by atoms with van der Waals surface area (Å²) in [5.41, 5.74) is 1.29. The number of aliphatic hydroxyl groups excluding tert-OH is 1. The van der Waals surface area contributed by atoms with Crippen molar-refractivity contribution in [2.75, 3.05) is 11.9 Å². The number of anilines is 1. The summed E-state index contributed by atoms with van der Waals surface area (Å²) in [5, 5.41) is 19.7. The largest absolute Gasteiger partial charge is 0.391 e. The van der Waals surface area contributed by atoms with Gasteiger partial charge in [-0.2, -0.15) is 5.26 Å². The minimum absolute atomic E-state index is 0.0734. The average molecular weight is 265 g/mol. The number of halogens is 1. The fraction of sp³-hybridized carbons (Fsp3) is 0.500. The molecule has 1 aromatic rings. The Hall–Kier alpha value is -1.24. The molecule has 1 aromatic carbocycles. The average Bonchev–Trinajstić information content (AvgIpc) is 2.38. The molecule has 1 saturated carbocycles. The molecule has 1 N–H and O–H groups in total. The number of benzene rings is 1. The van der Waals surface area contributed by atoms with Crippen molar-refractivity contribution in [1.82, 2.24) is 0 Å². The van der Waals surface area contributed by atoms with E-state index >= 15 is 0 Å². The molecule has 0 aliphatic heterocycles. The third-order valence-electron chi connectivity index (χ3n) is 3.67. The van der Waals surface area contributed by atoms with Crippen LogP contribution < -0.4 is 4.90 Å². The van der Waals surface area contributed by atoms with Crippen LogP contribution >= 0.6 is 11.6 Å². The number of rotatable bonds is 2. The van der Waals surface area contributed by atoms with Crippen LogP contribution in [0.1, 0.15) is 31.2 Å². The molecule has 0 amide bonds. The zero-order chi connectivity index (χ0) is 13.1. The maximum atomic E-state index is 10.1. The SMILES string of the molecule is CN(c1cccc(Cl)c1C#N)C1CCCCC1O. The van der Waals surface area contributed by atoms with Gasteiger partial charge in [0.25, 0.3) is 0 Å². The van der Waals surface area contributed by atoms with E-state index in [-0.39, 0.29) is 12.1 Å². The monoisotopic (exact) mass is 264 g/mol. The van der Waals surface area contributed by atoms with E-state index in [1.54, 1.807) is 6.07 Å². The fourth-order valence-corrected chi connectivity index (χ4v) is 2.85. The Morgan fingerprint density at radius 2 is 2.11 bits per heavy atom. The number of likely N-dealkylation sites (N-methyl/N-ethyl adjacent to an activating group) is 1. The van der Waals surface area contributed by atoms with Crippen LogP contribution in [0.2, 0.25) is 5.02 Å². The van der Waals surface area contributed by atoms with Crippen LogP contribution in [0.3, 0.4) is 0 Å². The molecule has 0 heterocycles. The van der Waals surface area contributed by atoms with Gasteiger partial charge in [0.05, 0.1) is 28.4 Å². The van der Waals surface area contributed by atoms with Crippen molar-refractivity contribution >= 4 is 17.3 Å². The van der Waals surface area contributed by atoms with E-state index in [1.807, 2.05) is 24.1 Å². The molecule has 2 atom stereocenters. The predicted molar refractivity (Wildman–Crippen MR) is 72.8 cm³/mol. The zero-order valence-corrected chi connectivity index (χ0v) is 11.2. The Morgan fingerprint density at radius 1 is 1.39 bits per heavy atom. The lowest BCUT2D eigenvalue weighted by molar-refractivity contribution is 0.106. The Kier molecular flexibility index (Phi) is 4.11. The van der Waals surface area contributed by atoms with E-state index in [4.69, 9.17) is 11.6 Å². The van der Waals surface area contributed by atoms with Crippen LogP contribution in [0, 0.1) is 11.3 Å². The van der Waals surface area contributed by atoms with Crippen molar-refractivity contribution in [3.05, 3.63) is 28.8 Å². The van der Waals surface area contributed by atoms with Crippen LogP contribution in [-0.4, -0.2) is 24.3 Å². The molecular weight excluding hydrogens is 248 g/mol. The standard InChI is InChI=1S/C14H17ClN2O/c1-17(13-6-2-3-8-14(13)18)12-7-4-5-11(15)10(12)9-16/h4-5,7,13-14,18H,2-3,6,8H2,1H3. The summed E-state index contributed by atoms with van der Waals surface area (Å²) in [4.78, 5) is 1.99. The summed E-state index contributed by atoms with van der Waals surface area (Å²) in [6.07, 6.45) is 3.65. The van der Waals surface area contributed by atoms with Crippen molar-refractivity contribution in [1.29, 1.82) is 5.26 Å². The van der Waals surface area contributed by atoms with Crippen LogP contribution in [0.25, 0.3) is 0 Å². The number of nitrogens with zero attached hydrogens (tertiary/aromatic N) is 2. The summed E-state index contributed by atoms with van der Waals surface area (Å²) in [6.45, 7) is 0. The second-order valence-electron chi connectivity index (χ2n) is 4.78. The van der Waals surface area contributed by atoms with Gasteiger partial charge in [0.15, 0.2) is 0 Å². The first kappa shape index (κ1) is 13.2. The van der Waals surface area contributed by atoms with Gasteiger partial charge in [-0.25, -0.2) is 0 Å². The Morgan fingerprint density at radius 3 is 2.78 bits per heavy atom. The van der Waals surface area contributed by atoms with E-state index in [0.29, 0.717) is 10.6 Å². The predicted octanol–water partition coefficient (Wildman–Crippen LogP) is 2.95. The topological polar surface area (TPSA) is 47.3 Å².